The van der Waals surface area contributed by atoms with Crippen LogP contribution in [0.5, 0.6) is 0 Å². The highest BCUT2D eigenvalue weighted by Crippen LogP contribution is 2.31. The summed E-state index contributed by atoms with van der Waals surface area (Å²) >= 11 is 3.36. The molecule has 21 heavy (non-hydrogen) atoms. The van der Waals surface area contributed by atoms with E-state index in [1.165, 1.54) is 0 Å². The van der Waals surface area contributed by atoms with Crippen LogP contribution in [0.25, 0.3) is 0 Å². The van der Waals surface area contributed by atoms with E-state index in [9.17, 15) is 14.7 Å². The molecule has 0 aliphatic heterocycles. The molecule has 1 aromatic rings. The third-order valence-electron chi connectivity index (χ3n) is 4.04. The number of rotatable bonds is 6. The molecular formula is C16H22BrNO3. The first-order valence-electron chi connectivity index (χ1n) is 6.95. The van der Waals surface area contributed by atoms with Crippen molar-refractivity contribution in [3.63, 3.8) is 0 Å². The minimum absolute atomic E-state index is 0.0269. The second-order valence-electron chi connectivity index (χ2n) is 5.89. The number of amides is 1. The van der Waals surface area contributed by atoms with Crippen LogP contribution in [0.15, 0.2) is 28.7 Å². The first-order valence-corrected chi connectivity index (χ1v) is 7.74. The Labute approximate surface area is 134 Å². The number of carboxylic acid groups (broad SMARTS) is 1. The number of halogens is 1. The lowest BCUT2D eigenvalue weighted by Crippen LogP contribution is -2.39. The van der Waals surface area contributed by atoms with Crippen molar-refractivity contribution < 1.29 is 14.7 Å². The van der Waals surface area contributed by atoms with Gasteiger partial charge < -0.3 is 10.4 Å². The Kier molecular flexibility index (Phi) is 5.96. The van der Waals surface area contributed by atoms with Gasteiger partial charge in [0.25, 0.3) is 0 Å². The Morgan fingerprint density at radius 3 is 2.19 bits per heavy atom. The molecule has 5 heteroatoms. The first-order chi connectivity index (χ1) is 9.66. The van der Waals surface area contributed by atoms with Crippen molar-refractivity contribution in [2.45, 2.75) is 40.2 Å². The molecule has 0 aromatic heterocycles. The van der Waals surface area contributed by atoms with Crippen LogP contribution in [-0.4, -0.2) is 17.0 Å². The molecule has 0 aliphatic carbocycles. The van der Waals surface area contributed by atoms with E-state index in [1.54, 1.807) is 6.92 Å². The maximum atomic E-state index is 12.1. The third-order valence-corrected chi connectivity index (χ3v) is 4.57. The van der Waals surface area contributed by atoms with Gasteiger partial charge in [-0.15, -0.1) is 0 Å². The number of carbonyl (C=O) groups excluding carboxylic acids is 1. The van der Waals surface area contributed by atoms with Crippen LogP contribution in [0.1, 0.15) is 45.7 Å². The van der Waals surface area contributed by atoms with E-state index in [-0.39, 0.29) is 24.3 Å². The second-order valence-corrected chi connectivity index (χ2v) is 6.81. The van der Waals surface area contributed by atoms with Crippen molar-refractivity contribution in [1.82, 2.24) is 5.32 Å². The molecule has 0 heterocycles. The molecule has 116 valence electrons. The Bertz CT molecular complexity index is 513. The summed E-state index contributed by atoms with van der Waals surface area (Å²) in [5, 5.41) is 12.2. The van der Waals surface area contributed by atoms with Gasteiger partial charge in [-0.05, 0) is 37.5 Å². The van der Waals surface area contributed by atoms with Gasteiger partial charge >= 0.3 is 5.97 Å². The quantitative estimate of drug-likeness (QED) is 0.816. The van der Waals surface area contributed by atoms with Gasteiger partial charge in [0, 0.05) is 10.9 Å². The maximum Gasteiger partial charge on any atom is 0.310 e. The number of aliphatic carboxylic acids is 1. The van der Waals surface area contributed by atoms with E-state index >= 15 is 0 Å². The molecule has 2 atom stereocenters. The van der Waals surface area contributed by atoms with E-state index < -0.39 is 11.4 Å². The molecule has 0 bridgehead atoms. The molecule has 1 rings (SSSR count). The number of benzene rings is 1. The average molecular weight is 356 g/mol. The summed E-state index contributed by atoms with van der Waals surface area (Å²) in [5.41, 5.74) is -0.0723. The van der Waals surface area contributed by atoms with Crippen molar-refractivity contribution in [1.29, 1.82) is 0 Å². The number of hydrogen-bond donors (Lipinski definition) is 2. The Morgan fingerprint density at radius 2 is 1.76 bits per heavy atom. The molecule has 0 saturated heterocycles. The van der Waals surface area contributed by atoms with Crippen LogP contribution >= 0.6 is 15.9 Å². The van der Waals surface area contributed by atoms with Gasteiger partial charge in [0.05, 0.1) is 11.5 Å². The summed E-state index contributed by atoms with van der Waals surface area (Å²) in [6.07, 6.45) is -0.0269. The Morgan fingerprint density at radius 1 is 1.24 bits per heavy atom. The van der Waals surface area contributed by atoms with Gasteiger partial charge in [-0.2, -0.15) is 0 Å². The zero-order valence-corrected chi connectivity index (χ0v) is 14.4. The summed E-state index contributed by atoms with van der Waals surface area (Å²) in [7, 11) is 0. The molecule has 4 nitrogen and oxygen atoms in total. The zero-order chi connectivity index (χ0) is 16.2. The molecule has 0 aliphatic rings. The van der Waals surface area contributed by atoms with E-state index in [2.05, 4.69) is 21.2 Å². The number of nitrogens with one attached hydrogen (secondary N) is 1. The summed E-state index contributed by atoms with van der Waals surface area (Å²) in [6.45, 7) is 7.14. The number of carbonyl (C=O) groups is 2. The molecule has 1 aromatic carbocycles. The zero-order valence-electron chi connectivity index (χ0n) is 12.8. The molecule has 0 spiro atoms. The summed E-state index contributed by atoms with van der Waals surface area (Å²) in [4.78, 5) is 23.5. The summed E-state index contributed by atoms with van der Waals surface area (Å²) in [5.74, 6) is -1.31. The molecule has 0 fully saturated rings. The molecule has 2 N–H and O–H groups in total. The van der Waals surface area contributed by atoms with Crippen LogP contribution in [-0.2, 0) is 9.59 Å². The summed E-state index contributed by atoms with van der Waals surface area (Å²) in [6, 6.07) is 7.51. The predicted molar refractivity (Wildman–Crippen MR) is 85.9 cm³/mol. The van der Waals surface area contributed by atoms with Crippen LogP contribution in [0.3, 0.4) is 0 Å². The van der Waals surface area contributed by atoms with E-state index in [0.29, 0.717) is 0 Å². The number of hydrogen-bond acceptors (Lipinski definition) is 2. The lowest BCUT2D eigenvalue weighted by atomic mass is 9.76. The minimum atomic E-state index is -1.05. The minimum Gasteiger partial charge on any atom is -0.481 e. The van der Waals surface area contributed by atoms with Crippen molar-refractivity contribution in [3.05, 3.63) is 34.3 Å². The van der Waals surface area contributed by atoms with Crippen LogP contribution in [0, 0.1) is 11.3 Å². The van der Waals surface area contributed by atoms with Crippen molar-refractivity contribution in [2.24, 2.45) is 11.3 Å². The highest BCUT2D eigenvalue weighted by molar-refractivity contribution is 9.10. The van der Waals surface area contributed by atoms with Crippen LogP contribution in [0.4, 0.5) is 0 Å². The molecule has 1 unspecified atom stereocenters. The normalized spacial score (nSPS) is 15.3. The monoisotopic (exact) mass is 355 g/mol. The van der Waals surface area contributed by atoms with Crippen molar-refractivity contribution >= 4 is 27.8 Å². The van der Waals surface area contributed by atoms with Crippen molar-refractivity contribution in [2.75, 3.05) is 0 Å². The second kappa shape index (κ2) is 7.07. The van der Waals surface area contributed by atoms with Gasteiger partial charge in [0.2, 0.25) is 5.91 Å². The molecule has 0 saturated carbocycles. The lowest BCUT2D eigenvalue weighted by molar-refractivity contribution is -0.153. The largest absolute Gasteiger partial charge is 0.481 e. The van der Waals surface area contributed by atoms with Gasteiger partial charge in [0.1, 0.15) is 0 Å². The Balaban J connectivity index is 2.72. The third kappa shape index (κ3) is 4.56. The van der Waals surface area contributed by atoms with E-state index in [1.807, 2.05) is 45.0 Å². The number of carboxylic acids is 1. The summed E-state index contributed by atoms with van der Waals surface area (Å²) < 4.78 is 0.975. The lowest BCUT2D eigenvalue weighted by Gasteiger charge is -2.29. The van der Waals surface area contributed by atoms with Crippen molar-refractivity contribution in [3.8, 4) is 0 Å². The van der Waals surface area contributed by atoms with E-state index in [0.717, 1.165) is 10.0 Å². The highest BCUT2D eigenvalue weighted by Gasteiger charge is 2.38. The predicted octanol–water partition coefficient (Wildman–Crippen LogP) is 3.76. The smallest absolute Gasteiger partial charge is 0.310 e. The van der Waals surface area contributed by atoms with Gasteiger partial charge in [-0.3, -0.25) is 9.59 Å². The SMILES string of the molecule is CC(C)C(C)(CC(=O)N[C@@H](C)c1ccc(Br)cc1)C(=O)O. The van der Waals surface area contributed by atoms with Gasteiger partial charge in [-0.1, -0.05) is 41.9 Å². The molecular weight excluding hydrogens is 334 g/mol. The van der Waals surface area contributed by atoms with Gasteiger partial charge in [0.15, 0.2) is 0 Å². The van der Waals surface area contributed by atoms with E-state index in [4.69, 9.17) is 0 Å². The maximum absolute atomic E-state index is 12.1. The fraction of sp³-hybridized carbons (Fsp3) is 0.500. The molecule has 1 amide bonds. The standard InChI is InChI=1S/C16H22BrNO3/c1-10(2)16(4,15(20)21)9-14(19)18-11(3)12-5-7-13(17)8-6-12/h5-8,10-11H,9H2,1-4H3,(H,18,19)(H,20,21)/t11-,16?/m0/s1. The highest BCUT2D eigenvalue weighted by atomic mass is 79.9. The fourth-order valence-corrected chi connectivity index (χ4v) is 2.25. The van der Waals surface area contributed by atoms with Crippen LogP contribution in [0.2, 0.25) is 0 Å². The van der Waals surface area contributed by atoms with Crippen LogP contribution < -0.4 is 5.32 Å². The topological polar surface area (TPSA) is 66.4 Å². The first kappa shape index (κ1) is 17.7. The van der Waals surface area contributed by atoms with Gasteiger partial charge in [-0.25, -0.2) is 0 Å². The molecule has 0 radical (unpaired) electrons. The fourth-order valence-electron chi connectivity index (χ4n) is 1.99. The Hall–Kier alpha value is -1.36. The average Bonchev–Trinajstić information content (AvgIpc) is 2.38.